The lowest BCUT2D eigenvalue weighted by atomic mass is 9.78. The van der Waals surface area contributed by atoms with Crippen molar-refractivity contribution in [2.45, 2.75) is 44.6 Å². The minimum atomic E-state index is -1.10. The highest BCUT2D eigenvalue weighted by Gasteiger charge is 2.43. The molecule has 1 aromatic carbocycles. The average molecular weight is 317 g/mol. The van der Waals surface area contributed by atoms with Gasteiger partial charge in [0, 0.05) is 10.6 Å². The highest BCUT2D eigenvalue weighted by atomic mass is 35.5. The van der Waals surface area contributed by atoms with E-state index in [0.29, 0.717) is 22.9 Å². The highest BCUT2D eigenvalue weighted by Crippen LogP contribution is 2.52. The van der Waals surface area contributed by atoms with Gasteiger partial charge in [0.2, 0.25) is 0 Å². The number of fused-ring (bicyclic) bond motifs is 2. The summed E-state index contributed by atoms with van der Waals surface area (Å²) in [6.07, 6.45) is 5.74. The fourth-order valence-electron chi connectivity index (χ4n) is 4.18. The molecule has 0 aliphatic heterocycles. The Kier molecular flexibility index (Phi) is 3.77. The monoisotopic (exact) mass is 316 g/mol. The number of aliphatic hydroxyl groups is 1. The second-order valence-corrected chi connectivity index (χ2v) is 7.47. The molecule has 110 valence electrons. The van der Waals surface area contributed by atoms with E-state index in [0.717, 1.165) is 11.8 Å². The van der Waals surface area contributed by atoms with Gasteiger partial charge < -0.3 is 5.11 Å². The van der Waals surface area contributed by atoms with Crippen molar-refractivity contribution in [1.82, 2.24) is 0 Å². The van der Waals surface area contributed by atoms with Crippen LogP contribution in [0.3, 0.4) is 0 Å². The van der Waals surface area contributed by atoms with Gasteiger partial charge in [0.05, 0.1) is 10.6 Å². The summed E-state index contributed by atoms with van der Waals surface area (Å²) >= 11 is 11.9. The van der Waals surface area contributed by atoms with Crippen LogP contribution >= 0.6 is 23.2 Å². The van der Waals surface area contributed by atoms with Gasteiger partial charge in [-0.25, -0.2) is 4.39 Å². The Morgan fingerprint density at radius 3 is 2.60 bits per heavy atom. The molecule has 4 unspecified atom stereocenters. The van der Waals surface area contributed by atoms with Crippen LogP contribution in [-0.2, 0) is 5.60 Å². The van der Waals surface area contributed by atoms with Crippen LogP contribution in [0.15, 0.2) is 12.1 Å². The molecule has 2 aliphatic carbocycles. The SMILES string of the molecule is CC(O)(CC1CC2CCC1C2)c1cc(F)c(Cl)cc1Cl. The first-order valence-electron chi connectivity index (χ1n) is 7.24. The molecule has 2 bridgehead atoms. The summed E-state index contributed by atoms with van der Waals surface area (Å²) in [5.74, 6) is 1.55. The van der Waals surface area contributed by atoms with Gasteiger partial charge in [-0.3, -0.25) is 0 Å². The van der Waals surface area contributed by atoms with E-state index in [1.165, 1.54) is 37.8 Å². The summed E-state index contributed by atoms with van der Waals surface area (Å²) in [7, 11) is 0. The molecule has 2 saturated carbocycles. The van der Waals surface area contributed by atoms with Gasteiger partial charge in [-0.05, 0) is 62.5 Å². The summed E-state index contributed by atoms with van der Waals surface area (Å²) in [5.41, 5.74) is -0.652. The van der Waals surface area contributed by atoms with Gasteiger partial charge in [0.25, 0.3) is 0 Å². The van der Waals surface area contributed by atoms with Gasteiger partial charge in [0.1, 0.15) is 5.82 Å². The maximum absolute atomic E-state index is 13.7. The summed E-state index contributed by atoms with van der Waals surface area (Å²) in [6, 6.07) is 2.65. The van der Waals surface area contributed by atoms with Crippen molar-refractivity contribution >= 4 is 23.2 Å². The fourth-order valence-corrected chi connectivity index (χ4v) is 4.77. The molecule has 1 nitrogen and oxygen atoms in total. The highest BCUT2D eigenvalue weighted by molar-refractivity contribution is 6.35. The normalized spacial score (nSPS) is 31.6. The predicted molar refractivity (Wildman–Crippen MR) is 79.5 cm³/mol. The molecule has 2 fully saturated rings. The Bertz CT molecular complexity index is 529. The van der Waals surface area contributed by atoms with Crippen LogP contribution < -0.4 is 0 Å². The second kappa shape index (κ2) is 5.15. The lowest BCUT2D eigenvalue weighted by Crippen LogP contribution is -2.28. The molecule has 0 heterocycles. The number of halogens is 3. The molecule has 1 N–H and O–H groups in total. The Labute approximate surface area is 129 Å². The third-order valence-corrected chi connectivity index (χ3v) is 5.74. The van der Waals surface area contributed by atoms with Gasteiger partial charge in [-0.2, -0.15) is 0 Å². The number of benzene rings is 1. The van der Waals surface area contributed by atoms with E-state index < -0.39 is 11.4 Å². The fraction of sp³-hybridized carbons (Fsp3) is 0.625. The first-order valence-corrected chi connectivity index (χ1v) is 8.00. The molecule has 0 saturated heterocycles. The third-order valence-electron chi connectivity index (χ3n) is 5.13. The maximum atomic E-state index is 13.7. The molecular formula is C16H19Cl2FO. The summed E-state index contributed by atoms with van der Waals surface area (Å²) in [4.78, 5) is 0. The minimum absolute atomic E-state index is 0.00512. The molecule has 0 spiro atoms. The molecule has 4 heteroatoms. The zero-order chi connectivity index (χ0) is 14.5. The van der Waals surface area contributed by atoms with E-state index in [4.69, 9.17) is 23.2 Å². The van der Waals surface area contributed by atoms with Crippen LogP contribution in [0.1, 0.15) is 44.6 Å². The zero-order valence-corrected chi connectivity index (χ0v) is 13.0. The van der Waals surface area contributed by atoms with E-state index in [2.05, 4.69) is 0 Å². The van der Waals surface area contributed by atoms with E-state index in [1.807, 2.05) is 0 Å². The molecule has 0 radical (unpaired) electrons. The van der Waals surface area contributed by atoms with Gasteiger partial charge in [0.15, 0.2) is 0 Å². The Morgan fingerprint density at radius 2 is 2.00 bits per heavy atom. The Morgan fingerprint density at radius 1 is 1.25 bits per heavy atom. The lowest BCUT2D eigenvalue weighted by molar-refractivity contribution is 0.0203. The third kappa shape index (κ3) is 2.58. The molecular weight excluding hydrogens is 298 g/mol. The molecule has 20 heavy (non-hydrogen) atoms. The summed E-state index contributed by atoms with van der Waals surface area (Å²) in [5, 5.41) is 11.1. The van der Waals surface area contributed by atoms with Crippen molar-refractivity contribution < 1.29 is 9.50 Å². The van der Waals surface area contributed by atoms with Crippen LogP contribution in [0, 0.1) is 23.6 Å². The Hall–Kier alpha value is -0.310. The van der Waals surface area contributed by atoms with Crippen molar-refractivity contribution in [2.75, 3.05) is 0 Å². The van der Waals surface area contributed by atoms with Gasteiger partial charge >= 0.3 is 0 Å². The van der Waals surface area contributed by atoms with E-state index >= 15 is 0 Å². The van der Waals surface area contributed by atoms with Crippen LogP contribution in [-0.4, -0.2) is 5.11 Å². The smallest absolute Gasteiger partial charge is 0.142 e. The molecule has 2 aliphatic rings. The molecule has 3 rings (SSSR count). The predicted octanol–water partition coefficient (Wildman–Crippen LogP) is 5.17. The summed E-state index contributed by atoms with van der Waals surface area (Å²) in [6.45, 7) is 1.73. The van der Waals surface area contributed by atoms with E-state index in [9.17, 15) is 9.50 Å². The molecule has 4 atom stereocenters. The van der Waals surface area contributed by atoms with Crippen molar-refractivity contribution in [1.29, 1.82) is 0 Å². The quantitative estimate of drug-likeness (QED) is 0.763. The van der Waals surface area contributed by atoms with E-state index in [1.54, 1.807) is 6.92 Å². The van der Waals surface area contributed by atoms with Gasteiger partial charge in [-0.1, -0.05) is 29.6 Å². The number of hydrogen-bond acceptors (Lipinski definition) is 1. The Balaban J connectivity index is 1.82. The van der Waals surface area contributed by atoms with Crippen molar-refractivity contribution in [3.63, 3.8) is 0 Å². The van der Waals surface area contributed by atoms with Crippen LogP contribution in [0.4, 0.5) is 4.39 Å². The first kappa shape index (κ1) is 14.6. The molecule has 0 amide bonds. The first-order chi connectivity index (χ1) is 9.37. The lowest BCUT2D eigenvalue weighted by Gasteiger charge is -2.32. The van der Waals surface area contributed by atoms with Crippen LogP contribution in [0.5, 0.6) is 0 Å². The zero-order valence-electron chi connectivity index (χ0n) is 11.5. The van der Waals surface area contributed by atoms with Crippen LogP contribution in [0.2, 0.25) is 10.0 Å². The van der Waals surface area contributed by atoms with E-state index in [-0.39, 0.29) is 5.02 Å². The van der Waals surface area contributed by atoms with Crippen molar-refractivity contribution in [2.24, 2.45) is 17.8 Å². The van der Waals surface area contributed by atoms with Crippen molar-refractivity contribution in [3.05, 3.63) is 33.6 Å². The minimum Gasteiger partial charge on any atom is -0.385 e. The summed E-state index contributed by atoms with van der Waals surface area (Å²) < 4.78 is 13.7. The van der Waals surface area contributed by atoms with Gasteiger partial charge in [-0.15, -0.1) is 0 Å². The average Bonchev–Trinajstić information content (AvgIpc) is 2.95. The standard InChI is InChI=1S/C16H19Cl2FO/c1-16(20,8-11-5-9-2-3-10(11)4-9)12-6-15(19)14(18)7-13(12)17/h6-7,9-11,20H,2-5,8H2,1H3. The van der Waals surface area contributed by atoms with Crippen molar-refractivity contribution in [3.8, 4) is 0 Å². The number of rotatable bonds is 3. The molecule has 0 aromatic heterocycles. The van der Waals surface area contributed by atoms with Crippen LogP contribution in [0.25, 0.3) is 0 Å². The number of hydrogen-bond donors (Lipinski definition) is 1. The maximum Gasteiger partial charge on any atom is 0.142 e. The molecule has 1 aromatic rings. The largest absolute Gasteiger partial charge is 0.385 e. The second-order valence-electron chi connectivity index (χ2n) is 6.66. The topological polar surface area (TPSA) is 20.2 Å².